The lowest BCUT2D eigenvalue weighted by Crippen LogP contribution is -2.16. The van der Waals surface area contributed by atoms with Gasteiger partial charge in [-0.2, -0.15) is 9.61 Å². The summed E-state index contributed by atoms with van der Waals surface area (Å²) in [6.07, 6.45) is 2.31. The van der Waals surface area contributed by atoms with Crippen LogP contribution in [0.3, 0.4) is 0 Å². The van der Waals surface area contributed by atoms with E-state index < -0.39 is 6.10 Å². The van der Waals surface area contributed by atoms with Gasteiger partial charge in [-0.1, -0.05) is 0 Å². The Kier molecular flexibility index (Phi) is 6.18. The number of ether oxygens (including phenoxy) is 3. The number of nitrogens with zero attached hydrogens (tertiary/aromatic N) is 3. The Morgan fingerprint density at radius 1 is 1.17 bits per heavy atom. The summed E-state index contributed by atoms with van der Waals surface area (Å²) >= 11 is 0. The fourth-order valence-electron chi connectivity index (χ4n) is 2.94. The zero-order chi connectivity index (χ0) is 21.0. The molecule has 0 aliphatic rings. The molecule has 1 unspecified atom stereocenters. The molecule has 9 nitrogen and oxygen atoms in total. The van der Waals surface area contributed by atoms with Gasteiger partial charge in [0.15, 0.2) is 17.1 Å². The van der Waals surface area contributed by atoms with Gasteiger partial charge in [0.1, 0.15) is 5.82 Å². The predicted molar refractivity (Wildman–Crippen MR) is 107 cm³/mol. The van der Waals surface area contributed by atoms with Crippen LogP contribution in [0.2, 0.25) is 0 Å². The maximum atomic E-state index is 12.9. The molecular weight excluding hydrogens is 376 g/mol. The van der Waals surface area contributed by atoms with E-state index in [0.29, 0.717) is 47.1 Å². The number of carbonyl (C=O) groups is 1. The summed E-state index contributed by atoms with van der Waals surface area (Å²) < 4.78 is 17.5. The van der Waals surface area contributed by atoms with E-state index in [1.807, 2.05) is 0 Å². The Hall–Kier alpha value is -3.33. The molecule has 1 amide bonds. The van der Waals surface area contributed by atoms with Crippen LogP contribution >= 0.6 is 0 Å². The second-order valence-electron chi connectivity index (χ2n) is 6.49. The summed E-state index contributed by atoms with van der Waals surface area (Å²) in [5, 5.41) is 16.6. The van der Waals surface area contributed by atoms with Crippen molar-refractivity contribution in [1.29, 1.82) is 0 Å². The average Bonchev–Trinajstić information content (AvgIpc) is 3.19. The Labute approximate surface area is 168 Å². The maximum Gasteiger partial charge on any atom is 0.257 e. The zero-order valence-corrected chi connectivity index (χ0v) is 16.8. The molecule has 0 radical (unpaired) electrons. The maximum absolute atomic E-state index is 12.9. The van der Waals surface area contributed by atoms with Gasteiger partial charge in [0.05, 0.1) is 33.6 Å². The smallest absolute Gasteiger partial charge is 0.257 e. The van der Waals surface area contributed by atoms with Crippen molar-refractivity contribution in [3.8, 4) is 17.2 Å². The SMILES string of the molecule is COc1cc(C(=O)Nc2cc(CCC(C)O)nc3ccnn23)cc(OC)c1OC. The number of hydrogen-bond acceptors (Lipinski definition) is 7. The van der Waals surface area contributed by atoms with Crippen molar-refractivity contribution in [2.75, 3.05) is 26.6 Å². The van der Waals surface area contributed by atoms with Gasteiger partial charge in [-0.05, 0) is 31.9 Å². The van der Waals surface area contributed by atoms with E-state index in [2.05, 4.69) is 15.4 Å². The molecule has 0 saturated heterocycles. The predicted octanol–water partition coefficient (Wildman–Crippen LogP) is 2.32. The zero-order valence-electron chi connectivity index (χ0n) is 16.8. The van der Waals surface area contributed by atoms with Crippen LogP contribution in [0.15, 0.2) is 30.5 Å². The molecule has 154 valence electrons. The van der Waals surface area contributed by atoms with E-state index in [0.717, 1.165) is 5.69 Å². The Morgan fingerprint density at radius 3 is 2.45 bits per heavy atom. The van der Waals surface area contributed by atoms with Crippen LogP contribution in [0, 0.1) is 0 Å². The first-order valence-corrected chi connectivity index (χ1v) is 9.10. The molecule has 2 N–H and O–H groups in total. The van der Waals surface area contributed by atoms with E-state index in [9.17, 15) is 9.90 Å². The van der Waals surface area contributed by atoms with Crippen molar-refractivity contribution in [2.24, 2.45) is 0 Å². The summed E-state index contributed by atoms with van der Waals surface area (Å²) in [5.74, 6) is 1.28. The van der Waals surface area contributed by atoms with Crippen molar-refractivity contribution < 1.29 is 24.1 Å². The topological polar surface area (TPSA) is 107 Å². The highest BCUT2D eigenvalue weighted by atomic mass is 16.5. The number of benzene rings is 1. The van der Waals surface area contributed by atoms with Gasteiger partial charge in [0.25, 0.3) is 5.91 Å². The molecule has 0 aliphatic heterocycles. The third kappa shape index (κ3) is 4.40. The molecule has 1 atom stereocenters. The van der Waals surface area contributed by atoms with Crippen molar-refractivity contribution in [3.05, 3.63) is 41.7 Å². The standard InChI is InChI=1S/C20H24N4O5/c1-12(25)5-6-14-11-18(24-17(22-14)7-8-21-24)23-20(26)13-9-15(27-2)19(29-4)16(10-13)28-3/h7-12,25H,5-6H2,1-4H3,(H,23,26). The third-order valence-corrected chi connectivity index (χ3v) is 4.40. The number of amides is 1. The second-order valence-corrected chi connectivity index (χ2v) is 6.49. The highest BCUT2D eigenvalue weighted by Crippen LogP contribution is 2.38. The van der Waals surface area contributed by atoms with E-state index >= 15 is 0 Å². The van der Waals surface area contributed by atoms with E-state index in [-0.39, 0.29) is 5.91 Å². The molecule has 2 heterocycles. The normalized spacial score (nSPS) is 11.9. The highest BCUT2D eigenvalue weighted by molar-refractivity contribution is 6.04. The minimum absolute atomic E-state index is 0.335. The summed E-state index contributed by atoms with van der Waals surface area (Å²) in [4.78, 5) is 17.4. The Morgan fingerprint density at radius 2 is 1.86 bits per heavy atom. The largest absolute Gasteiger partial charge is 0.493 e. The van der Waals surface area contributed by atoms with Gasteiger partial charge < -0.3 is 24.6 Å². The monoisotopic (exact) mass is 400 g/mol. The first-order valence-electron chi connectivity index (χ1n) is 9.10. The average molecular weight is 400 g/mol. The summed E-state index contributed by atoms with van der Waals surface area (Å²) in [5.41, 5.74) is 1.69. The number of methoxy groups -OCH3 is 3. The number of anilines is 1. The van der Waals surface area contributed by atoms with Crippen LogP contribution in [0.5, 0.6) is 17.2 Å². The van der Waals surface area contributed by atoms with Gasteiger partial charge in [0, 0.05) is 23.4 Å². The van der Waals surface area contributed by atoms with Crippen molar-refractivity contribution in [1.82, 2.24) is 14.6 Å². The van der Waals surface area contributed by atoms with Gasteiger partial charge in [0.2, 0.25) is 5.75 Å². The highest BCUT2D eigenvalue weighted by Gasteiger charge is 2.18. The number of carbonyl (C=O) groups excluding carboxylic acids is 1. The number of rotatable bonds is 8. The van der Waals surface area contributed by atoms with Gasteiger partial charge in [-0.15, -0.1) is 0 Å². The molecule has 3 aromatic rings. The van der Waals surface area contributed by atoms with Gasteiger partial charge in [-0.3, -0.25) is 4.79 Å². The number of nitrogens with one attached hydrogen (secondary N) is 1. The first-order chi connectivity index (χ1) is 14.0. The second kappa shape index (κ2) is 8.78. The molecule has 3 rings (SSSR count). The molecule has 0 spiro atoms. The van der Waals surface area contributed by atoms with E-state index in [1.54, 1.807) is 41.9 Å². The lowest BCUT2D eigenvalue weighted by atomic mass is 10.1. The van der Waals surface area contributed by atoms with Gasteiger partial charge >= 0.3 is 0 Å². The molecule has 0 saturated carbocycles. The van der Waals surface area contributed by atoms with Crippen molar-refractivity contribution >= 4 is 17.4 Å². The van der Waals surface area contributed by atoms with Crippen LogP contribution in [-0.2, 0) is 6.42 Å². The molecule has 9 heteroatoms. The number of hydrogen-bond donors (Lipinski definition) is 2. The summed E-state index contributed by atoms with van der Waals surface area (Å²) in [6.45, 7) is 1.73. The van der Waals surface area contributed by atoms with Crippen LogP contribution in [0.25, 0.3) is 5.65 Å². The third-order valence-electron chi connectivity index (χ3n) is 4.40. The van der Waals surface area contributed by atoms with Crippen LogP contribution in [-0.4, -0.2) is 53.0 Å². The number of aliphatic hydroxyl groups excluding tert-OH is 1. The molecule has 0 bridgehead atoms. The summed E-state index contributed by atoms with van der Waals surface area (Å²) in [7, 11) is 4.48. The number of fused-ring (bicyclic) bond motifs is 1. The first kappa shape index (κ1) is 20.4. The minimum Gasteiger partial charge on any atom is -0.493 e. The van der Waals surface area contributed by atoms with Crippen LogP contribution in [0.4, 0.5) is 5.82 Å². The number of aryl methyl sites for hydroxylation is 1. The number of aliphatic hydroxyl groups is 1. The van der Waals surface area contributed by atoms with Crippen molar-refractivity contribution in [3.63, 3.8) is 0 Å². The van der Waals surface area contributed by atoms with Crippen molar-refractivity contribution in [2.45, 2.75) is 25.9 Å². The Bertz CT molecular complexity index is 990. The van der Waals surface area contributed by atoms with E-state index in [4.69, 9.17) is 14.2 Å². The molecule has 0 aliphatic carbocycles. The van der Waals surface area contributed by atoms with Crippen LogP contribution in [0.1, 0.15) is 29.4 Å². The van der Waals surface area contributed by atoms with Crippen LogP contribution < -0.4 is 19.5 Å². The molecule has 1 aromatic carbocycles. The molecular formula is C20H24N4O5. The summed E-state index contributed by atoms with van der Waals surface area (Å²) in [6, 6.07) is 6.65. The fourth-order valence-corrected chi connectivity index (χ4v) is 2.94. The van der Waals surface area contributed by atoms with Gasteiger partial charge in [-0.25, -0.2) is 4.98 Å². The molecule has 2 aromatic heterocycles. The molecule has 29 heavy (non-hydrogen) atoms. The number of aromatic nitrogens is 3. The Balaban J connectivity index is 1.94. The molecule has 0 fully saturated rings. The fraction of sp³-hybridized carbons (Fsp3) is 0.350. The minimum atomic E-state index is -0.435. The van der Waals surface area contributed by atoms with E-state index in [1.165, 1.54) is 21.3 Å². The lowest BCUT2D eigenvalue weighted by Gasteiger charge is -2.14. The quantitative estimate of drug-likeness (QED) is 0.597. The lowest BCUT2D eigenvalue weighted by molar-refractivity contribution is 0.102.